The molecule has 0 bridgehead atoms. The van der Waals surface area contributed by atoms with Gasteiger partial charge in [0.1, 0.15) is 12.4 Å². The molecule has 3 rings (SSSR count). The lowest BCUT2D eigenvalue weighted by Gasteiger charge is -2.13. The Morgan fingerprint density at radius 3 is 2.76 bits per heavy atom. The van der Waals surface area contributed by atoms with Gasteiger partial charge in [0.2, 0.25) is 0 Å². The van der Waals surface area contributed by atoms with Crippen LogP contribution in [0.1, 0.15) is 12.5 Å². The van der Waals surface area contributed by atoms with Crippen molar-refractivity contribution >= 4 is 50.5 Å². The Morgan fingerprint density at radius 1 is 1.31 bits per heavy atom. The Labute approximate surface area is 180 Å². The van der Waals surface area contributed by atoms with Crippen LogP contribution in [0.5, 0.6) is 11.5 Å². The van der Waals surface area contributed by atoms with E-state index in [1.54, 1.807) is 12.1 Å². The van der Waals surface area contributed by atoms with E-state index in [9.17, 15) is 9.18 Å². The number of nitrogens with zero attached hydrogens (tertiary/aromatic N) is 1. The van der Waals surface area contributed by atoms with Gasteiger partial charge in [0.05, 0.1) is 21.7 Å². The molecular weight excluding hydrogens is 459 g/mol. The van der Waals surface area contributed by atoms with Crippen molar-refractivity contribution in [2.45, 2.75) is 6.92 Å². The van der Waals surface area contributed by atoms with E-state index in [-0.39, 0.29) is 18.3 Å². The maximum atomic E-state index is 13.0. The molecule has 0 unspecified atom stereocenters. The maximum absolute atomic E-state index is 13.0. The number of terminal acetylenes is 1. The lowest BCUT2D eigenvalue weighted by atomic mass is 10.2. The van der Waals surface area contributed by atoms with Crippen molar-refractivity contribution in [2.75, 3.05) is 13.2 Å². The van der Waals surface area contributed by atoms with Crippen molar-refractivity contribution in [3.05, 3.63) is 57.2 Å². The molecule has 29 heavy (non-hydrogen) atoms. The summed E-state index contributed by atoms with van der Waals surface area (Å²) < 4.78 is 24.9. The van der Waals surface area contributed by atoms with E-state index in [2.05, 4.69) is 32.2 Å². The minimum absolute atomic E-state index is 0.112. The Balaban J connectivity index is 1.86. The van der Waals surface area contributed by atoms with E-state index in [1.807, 2.05) is 13.0 Å². The summed E-state index contributed by atoms with van der Waals surface area (Å²) >= 11 is 4.66. The molecule has 8 heteroatoms. The maximum Gasteiger partial charge on any atom is 0.264 e. The van der Waals surface area contributed by atoms with Crippen molar-refractivity contribution in [3.8, 4) is 23.8 Å². The van der Waals surface area contributed by atoms with Gasteiger partial charge in [0.15, 0.2) is 16.7 Å². The molecule has 2 aromatic rings. The van der Waals surface area contributed by atoms with Crippen LogP contribution in [0.15, 0.2) is 50.8 Å². The molecule has 0 aliphatic carbocycles. The van der Waals surface area contributed by atoms with Gasteiger partial charge in [-0.1, -0.05) is 5.92 Å². The number of hydrogen-bond acceptors (Lipinski definition) is 5. The van der Waals surface area contributed by atoms with Crippen molar-refractivity contribution < 1.29 is 18.7 Å². The van der Waals surface area contributed by atoms with Crippen LogP contribution < -0.4 is 14.8 Å². The number of hydrogen-bond donors (Lipinski definition) is 1. The highest BCUT2D eigenvalue weighted by molar-refractivity contribution is 9.10. The van der Waals surface area contributed by atoms with E-state index in [0.717, 1.165) is 5.56 Å². The molecule has 148 valence electrons. The first-order chi connectivity index (χ1) is 14.0. The highest BCUT2D eigenvalue weighted by Gasteiger charge is 2.24. The summed E-state index contributed by atoms with van der Waals surface area (Å²) in [4.78, 5) is 17.1. The number of ether oxygens (including phenoxy) is 2. The van der Waals surface area contributed by atoms with Gasteiger partial charge in [0.25, 0.3) is 5.91 Å². The SMILES string of the molecule is C#CCOc1c(Br)cc(/C=C2/SC(=Nc3ccc(F)cc3)NC2=O)cc1OCC. The molecule has 1 N–H and O–H groups in total. The average molecular weight is 475 g/mol. The Hall–Kier alpha value is -2.76. The number of halogens is 2. The quantitative estimate of drug-likeness (QED) is 0.478. The monoisotopic (exact) mass is 474 g/mol. The minimum Gasteiger partial charge on any atom is -0.490 e. The van der Waals surface area contributed by atoms with Gasteiger partial charge < -0.3 is 14.8 Å². The Morgan fingerprint density at radius 2 is 2.07 bits per heavy atom. The zero-order valence-corrected chi connectivity index (χ0v) is 17.8. The smallest absolute Gasteiger partial charge is 0.264 e. The number of amidine groups is 1. The first kappa shape index (κ1) is 21.0. The fourth-order valence-electron chi connectivity index (χ4n) is 2.45. The third-order valence-corrected chi connectivity index (χ3v) is 5.14. The van der Waals surface area contributed by atoms with Crippen LogP contribution >= 0.6 is 27.7 Å². The summed E-state index contributed by atoms with van der Waals surface area (Å²) in [5.74, 6) is 2.84. The summed E-state index contributed by atoms with van der Waals surface area (Å²) in [6, 6.07) is 9.29. The van der Waals surface area contributed by atoms with E-state index in [4.69, 9.17) is 15.9 Å². The second-order valence-electron chi connectivity index (χ2n) is 5.71. The lowest BCUT2D eigenvalue weighted by molar-refractivity contribution is -0.115. The second-order valence-corrected chi connectivity index (χ2v) is 7.60. The number of amides is 1. The molecule has 0 spiro atoms. The van der Waals surface area contributed by atoms with Crippen LogP contribution in [0.4, 0.5) is 10.1 Å². The highest BCUT2D eigenvalue weighted by Crippen LogP contribution is 2.38. The summed E-state index contributed by atoms with van der Waals surface area (Å²) in [6.07, 6.45) is 6.99. The lowest BCUT2D eigenvalue weighted by Crippen LogP contribution is -2.19. The van der Waals surface area contributed by atoms with Crippen LogP contribution in [-0.2, 0) is 4.79 Å². The molecular formula is C21H16BrFN2O3S. The predicted octanol–water partition coefficient (Wildman–Crippen LogP) is 4.89. The van der Waals surface area contributed by atoms with Gasteiger partial charge >= 0.3 is 0 Å². The van der Waals surface area contributed by atoms with Crippen molar-refractivity contribution in [1.29, 1.82) is 0 Å². The fourth-order valence-corrected chi connectivity index (χ4v) is 3.87. The molecule has 2 aromatic carbocycles. The topological polar surface area (TPSA) is 59.9 Å². The minimum atomic E-state index is -0.344. The van der Waals surface area contributed by atoms with E-state index in [1.165, 1.54) is 36.0 Å². The van der Waals surface area contributed by atoms with E-state index >= 15 is 0 Å². The summed E-state index contributed by atoms with van der Waals surface area (Å²) in [5, 5.41) is 3.13. The number of aliphatic imine (C=N–C) groups is 1. The second kappa shape index (κ2) is 9.63. The van der Waals surface area contributed by atoms with Crippen LogP contribution in [0.25, 0.3) is 6.08 Å². The summed E-state index contributed by atoms with van der Waals surface area (Å²) in [6.45, 7) is 2.42. The summed E-state index contributed by atoms with van der Waals surface area (Å²) in [7, 11) is 0. The van der Waals surface area contributed by atoms with Gasteiger partial charge in [0, 0.05) is 0 Å². The number of nitrogens with one attached hydrogen (secondary N) is 1. The number of carbonyl (C=O) groups is 1. The number of carbonyl (C=O) groups excluding carboxylic acids is 1. The van der Waals surface area contributed by atoms with Crippen LogP contribution in [0.2, 0.25) is 0 Å². The molecule has 0 saturated carbocycles. The van der Waals surface area contributed by atoms with Crippen molar-refractivity contribution in [2.24, 2.45) is 4.99 Å². The van der Waals surface area contributed by atoms with Crippen LogP contribution in [-0.4, -0.2) is 24.3 Å². The Bertz CT molecular complexity index is 1030. The average Bonchev–Trinajstić information content (AvgIpc) is 3.02. The zero-order chi connectivity index (χ0) is 20.8. The molecule has 0 aromatic heterocycles. The molecule has 1 saturated heterocycles. The van der Waals surface area contributed by atoms with Crippen LogP contribution in [0.3, 0.4) is 0 Å². The normalized spacial score (nSPS) is 16.0. The molecule has 1 fully saturated rings. The molecule has 0 radical (unpaired) electrons. The highest BCUT2D eigenvalue weighted by atomic mass is 79.9. The van der Waals surface area contributed by atoms with Gasteiger partial charge in [-0.3, -0.25) is 4.79 Å². The molecule has 1 aliphatic rings. The van der Waals surface area contributed by atoms with Gasteiger partial charge in [-0.25, -0.2) is 9.38 Å². The van der Waals surface area contributed by atoms with E-state index in [0.29, 0.717) is 38.3 Å². The third-order valence-electron chi connectivity index (χ3n) is 3.64. The molecule has 1 aliphatic heterocycles. The van der Waals surface area contributed by atoms with Crippen molar-refractivity contribution in [3.63, 3.8) is 0 Å². The Kier molecular flexibility index (Phi) is 6.96. The predicted molar refractivity (Wildman–Crippen MR) is 117 cm³/mol. The first-order valence-corrected chi connectivity index (χ1v) is 10.2. The van der Waals surface area contributed by atoms with Gasteiger partial charge in [-0.15, -0.1) is 6.42 Å². The molecule has 1 heterocycles. The van der Waals surface area contributed by atoms with Gasteiger partial charge in [-0.05, 0) is 82.7 Å². The fraction of sp³-hybridized carbons (Fsp3) is 0.143. The number of rotatable bonds is 6. The number of thioether (sulfide) groups is 1. The largest absolute Gasteiger partial charge is 0.490 e. The van der Waals surface area contributed by atoms with Crippen molar-refractivity contribution in [1.82, 2.24) is 5.32 Å². The number of benzene rings is 2. The standard InChI is InChI=1S/C21H16BrFN2O3S/c1-3-9-28-19-16(22)10-13(11-17(19)27-4-2)12-18-20(26)25-21(29-18)24-15-7-5-14(23)6-8-15/h1,5-8,10-12H,4,9H2,2H3,(H,24,25,26)/b18-12+. The first-order valence-electron chi connectivity index (χ1n) is 8.58. The van der Waals surface area contributed by atoms with E-state index < -0.39 is 0 Å². The van der Waals surface area contributed by atoms with Gasteiger partial charge in [-0.2, -0.15) is 0 Å². The van der Waals surface area contributed by atoms with Crippen LogP contribution in [0, 0.1) is 18.2 Å². The zero-order valence-electron chi connectivity index (χ0n) is 15.4. The molecule has 1 amide bonds. The summed E-state index contributed by atoms with van der Waals surface area (Å²) in [5.41, 5.74) is 1.29. The molecule has 5 nitrogen and oxygen atoms in total. The molecule has 0 atom stereocenters. The third kappa shape index (κ3) is 5.40.